The normalized spacial score (nSPS) is 12.6. The van der Waals surface area contributed by atoms with Gasteiger partial charge in [-0.25, -0.2) is 22.8 Å². The summed E-state index contributed by atoms with van der Waals surface area (Å²) < 4.78 is 57.6. The SMILES string of the molecule is CC(C)C[C@H](CO)Nc1cc(NS(C)(=O)=O)nc(SCCOc2cccc(F)c2F)n1. The summed E-state index contributed by atoms with van der Waals surface area (Å²) in [5, 5.41) is 12.9. The Labute approximate surface area is 184 Å². The highest BCUT2D eigenvalue weighted by Crippen LogP contribution is 2.23. The lowest BCUT2D eigenvalue weighted by Crippen LogP contribution is -2.26. The van der Waals surface area contributed by atoms with Crippen molar-refractivity contribution in [2.45, 2.75) is 31.5 Å². The maximum absolute atomic E-state index is 13.6. The van der Waals surface area contributed by atoms with Gasteiger partial charge in [0, 0.05) is 11.8 Å². The van der Waals surface area contributed by atoms with Gasteiger partial charge < -0.3 is 15.2 Å². The van der Waals surface area contributed by atoms with Crippen molar-refractivity contribution in [3.8, 4) is 5.75 Å². The zero-order valence-corrected chi connectivity index (χ0v) is 19.1. The lowest BCUT2D eigenvalue weighted by Gasteiger charge is -2.19. The number of benzene rings is 1. The number of hydrogen-bond acceptors (Lipinski definition) is 8. The molecule has 0 aliphatic carbocycles. The molecule has 0 aliphatic heterocycles. The molecule has 12 heteroatoms. The molecule has 2 aromatic rings. The van der Waals surface area contributed by atoms with E-state index in [0.717, 1.165) is 24.1 Å². The molecule has 1 atom stereocenters. The lowest BCUT2D eigenvalue weighted by atomic mass is 10.0. The molecule has 31 heavy (non-hydrogen) atoms. The molecule has 172 valence electrons. The summed E-state index contributed by atoms with van der Waals surface area (Å²) in [6.07, 6.45) is 1.69. The van der Waals surface area contributed by atoms with Crippen LogP contribution in [0.15, 0.2) is 29.4 Å². The van der Waals surface area contributed by atoms with Gasteiger partial charge in [-0.1, -0.05) is 31.7 Å². The van der Waals surface area contributed by atoms with Gasteiger partial charge in [-0.2, -0.15) is 4.39 Å². The smallest absolute Gasteiger partial charge is 0.230 e. The Morgan fingerprint density at radius 1 is 1.23 bits per heavy atom. The van der Waals surface area contributed by atoms with Crippen LogP contribution in [-0.2, 0) is 10.0 Å². The van der Waals surface area contributed by atoms with Gasteiger partial charge in [0.15, 0.2) is 16.7 Å². The first-order chi connectivity index (χ1) is 14.6. The molecular formula is C19H26F2N4O4S2. The predicted octanol–water partition coefficient (Wildman–Crippen LogP) is 3.12. The Morgan fingerprint density at radius 2 is 1.94 bits per heavy atom. The van der Waals surface area contributed by atoms with Crippen LogP contribution in [0.5, 0.6) is 5.75 Å². The van der Waals surface area contributed by atoms with E-state index in [0.29, 0.717) is 23.9 Å². The fraction of sp³-hybridized carbons (Fsp3) is 0.474. The second-order valence-electron chi connectivity index (χ2n) is 7.20. The molecule has 0 fully saturated rings. The van der Waals surface area contributed by atoms with Crippen molar-refractivity contribution in [1.82, 2.24) is 9.97 Å². The summed E-state index contributed by atoms with van der Waals surface area (Å²) in [5.41, 5.74) is 0. The molecule has 0 saturated heterocycles. The van der Waals surface area contributed by atoms with E-state index >= 15 is 0 Å². The number of nitrogens with zero attached hydrogens (tertiary/aromatic N) is 2. The van der Waals surface area contributed by atoms with Gasteiger partial charge in [0.2, 0.25) is 15.8 Å². The van der Waals surface area contributed by atoms with Crippen LogP contribution in [0, 0.1) is 17.6 Å². The summed E-state index contributed by atoms with van der Waals surface area (Å²) in [4.78, 5) is 8.50. The minimum atomic E-state index is -3.56. The Morgan fingerprint density at radius 3 is 2.58 bits per heavy atom. The minimum absolute atomic E-state index is 0.0491. The van der Waals surface area contributed by atoms with Crippen LogP contribution in [-0.4, -0.2) is 54.8 Å². The van der Waals surface area contributed by atoms with Crippen LogP contribution >= 0.6 is 11.8 Å². The number of aromatic nitrogens is 2. The van der Waals surface area contributed by atoms with Gasteiger partial charge in [0.25, 0.3) is 0 Å². The topological polar surface area (TPSA) is 113 Å². The number of aliphatic hydroxyl groups excluding tert-OH is 1. The fourth-order valence-corrected chi connectivity index (χ4v) is 3.80. The van der Waals surface area contributed by atoms with Crippen molar-refractivity contribution in [3.05, 3.63) is 35.9 Å². The molecule has 0 spiro atoms. The highest BCUT2D eigenvalue weighted by atomic mass is 32.2. The van der Waals surface area contributed by atoms with Crippen LogP contribution < -0.4 is 14.8 Å². The van der Waals surface area contributed by atoms with Crippen LogP contribution in [0.1, 0.15) is 20.3 Å². The van der Waals surface area contributed by atoms with Crippen molar-refractivity contribution in [2.24, 2.45) is 5.92 Å². The molecule has 0 radical (unpaired) electrons. The standard InChI is InChI=1S/C19H26F2N4O4S2/c1-12(2)9-13(11-26)22-16-10-17(25-31(3,27)28)24-19(23-16)30-8-7-29-15-6-4-5-14(20)18(15)21/h4-6,10,12-13,26H,7-9,11H2,1-3H3,(H2,22,23,24,25)/t13-/m1/s1. The second-order valence-corrected chi connectivity index (χ2v) is 10.0. The molecule has 1 aromatic carbocycles. The molecular weight excluding hydrogens is 450 g/mol. The maximum atomic E-state index is 13.6. The number of nitrogens with one attached hydrogen (secondary N) is 2. The molecule has 2 rings (SSSR count). The zero-order chi connectivity index (χ0) is 23.0. The number of thioether (sulfide) groups is 1. The number of rotatable bonds is 12. The minimum Gasteiger partial charge on any atom is -0.490 e. The van der Waals surface area contributed by atoms with E-state index < -0.39 is 21.7 Å². The molecule has 8 nitrogen and oxygen atoms in total. The van der Waals surface area contributed by atoms with Gasteiger partial charge >= 0.3 is 0 Å². The van der Waals surface area contributed by atoms with Crippen molar-refractivity contribution in [2.75, 3.05) is 35.3 Å². The van der Waals surface area contributed by atoms with Gasteiger partial charge in [0.1, 0.15) is 11.6 Å². The predicted molar refractivity (Wildman–Crippen MR) is 117 cm³/mol. The zero-order valence-electron chi connectivity index (χ0n) is 17.4. The molecule has 1 heterocycles. The third kappa shape index (κ3) is 8.83. The number of aliphatic hydroxyl groups is 1. The number of sulfonamides is 1. The summed E-state index contributed by atoms with van der Waals surface area (Å²) in [6.45, 7) is 3.97. The number of anilines is 2. The van der Waals surface area contributed by atoms with E-state index in [-0.39, 0.29) is 36.0 Å². The molecule has 0 aliphatic rings. The van der Waals surface area contributed by atoms with Crippen LogP contribution in [0.4, 0.5) is 20.4 Å². The van der Waals surface area contributed by atoms with E-state index in [1.165, 1.54) is 18.2 Å². The van der Waals surface area contributed by atoms with Crippen molar-refractivity contribution in [1.29, 1.82) is 0 Å². The quantitative estimate of drug-likeness (QED) is 0.243. The number of hydrogen-bond donors (Lipinski definition) is 3. The maximum Gasteiger partial charge on any atom is 0.230 e. The largest absolute Gasteiger partial charge is 0.490 e. The van der Waals surface area contributed by atoms with Crippen molar-refractivity contribution < 1.29 is 27.0 Å². The van der Waals surface area contributed by atoms with E-state index in [1.54, 1.807) is 0 Å². The van der Waals surface area contributed by atoms with Crippen LogP contribution in [0.2, 0.25) is 0 Å². The number of ether oxygens (including phenoxy) is 1. The van der Waals surface area contributed by atoms with Crippen LogP contribution in [0.3, 0.4) is 0 Å². The molecule has 0 saturated carbocycles. The lowest BCUT2D eigenvalue weighted by molar-refractivity contribution is 0.259. The van der Waals surface area contributed by atoms with Gasteiger partial charge in [-0.05, 0) is 24.5 Å². The average molecular weight is 477 g/mol. The summed E-state index contributed by atoms with van der Waals surface area (Å²) >= 11 is 1.15. The van der Waals surface area contributed by atoms with Crippen molar-refractivity contribution >= 4 is 33.4 Å². The van der Waals surface area contributed by atoms with Crippen LogP contribution in [0.25, 0.3) is 0 Å². The average Bonchev–Trinajstić information content (AvgIpc) is 2.66. The van der Waals surface area contributed by atoms with Gasteiger partial charge in [-0.3, -0.25) is 4.72 Å². The van der Waals surface area contributed by atoms with E-state index in [1.807, 2.05) is 13.8 Å². The molecule has 0 unspecified atom stereocenters. The number of halogens is 2. The third-order valence-corrected chi connectivity index (χ3v) is 5.20. The van der Waals surface area contributed by atoms with Gasteiger partial charge in [0.05, 0.1) is 25.5 Å². The summed E-state index contributed by atoms with van der Waals surface area (Å²) in [6, 6.07) is 4.84. The third-order valence-electron chi connectivity index (χ3n) is 3.81. The Hall–Kier alpha value is -2.18. The molecule has 1 aromatic heterocycles. The van der Waals surface area contributed by atoms with E-state index in [4.69, 9.17) is 4.74 Å². The first kappa shape index (κ1) is 25.1. The fourth-order valence-electron chi connectivity index (χ4n) is 2.64. The Kier molecular flexibility index (Phi) is 9.26. The second kappa shape index (κ2) is 11.4. The van der Waals surface area contributed by atoms with Gasteiger partial charge in [-0.15, -0.1) is 0 Å². The summed E-state index contributed by atoms with van der Waals surface area (Å²) in [5.74, 6) is -1.21. The molecule has 3 N–H and O–H groups in total. The highest BCUT2D eigenvalue weighted by molar-refractivity contribution is 7.99. The first-order valence-corrected chi connectivity index (χ1v) is 12.4. The monoisotopic (exact) mass is 476 g/mol. The Balaban J connectivity index is 2.09. The highest BCUT2D eigenvalue weighted by Gasteiger charge is 2.14. The van der Waals surface area contributed by atoms with E-state index in [9.17, 15) is 22.3 Å². The van der Waals surface area contributed by atoms with E-state index in [2.05, 4.69) is 20.0 Å². The molecule has 0 bridgehead atoms. The van der Waals surface area contributed by atoms with Crippen molar-refractivity contribution in [3.63, 3.8) is 0 Å². The summed E-state index contributed by atoms with van der Waals surface area (Å²) in [7, 11) is -3.56. The Bertz CT molecular complexity index is 977. The first-order valence-electron chi connectivity index (χ1n) is 9.51. The molecule has 0 amide bonds.